The molecule has 6 nitrogen and oxygen atoms in total. The van der Waals surface area contributed by atoms with Crippen molar-refractivity contribution in [2.45, 2.75) is 45.1 Å². The van der Waals surface area contributed by atoms with Crippen molar-refractivity contribution in [3.8, 4) is 0 Å². The average molecular weight is 291 g/mol. The minimum atomic E-state index is -0.156. The molecule has 0 amide bonds. The molecule has 1 aliphatic carbocycles. The fraction of sp³-hybridized carbons (Fsp3) is 0.733. The van der Waals surface area contributed by atoms with Gasteiger partial charge in [0.2, 0.25) is 0 Å². The van der Waals surface area contributed by atoms with E-state index < -0.39 is 0 Å². The van der Waals surface area contributed by atoms with Crippen LogP contribution >= 0.6 is 0 Å². The van der Waals surface area contributed by atoms with E-state index in [0.717, 1.165) is 37.6 Å². The number of hydrazine groups is 1. The molecule has 1 saturated carbocycles. The summed E-state index contributed by atoms with van der Waals surface area (Å²) in [6, 6.07) is 1.89. The fourth-order valence-electron chi connectivity index (χ4n) is 3.43. The Bertz CT molecular complexity index is 527. The number of fused-ring (bicyclic) bond motifs is 1. The molecule has 2 aliphatic rings. The number of rotatable bonds is 2. The number of nitrogens with zero attached hydrogens (tertiary/aromatic N) is 3. The first-order chi connectivity index (χ1) is 9.88. The van der Waals surface area contributed by atoms with E-state index in [-0.39, 0.29) is 11.5 Å². The van der Waals surface area contributed by atoms with Crippen LogP contribution in [0.2, 0.25) is 0 Å². The van der Waals surface area contributed by atoms with Gasteiger partial charge in [0.25, 0.3) is 0 Å². The number of hydrogen-bond acceptors (Lipinski definition) is 6. The van der Waals surface area contributed by atoms with Gasteiger partial charge >= 0.3 is 0 Å². The van der Waals surface area contributed by atoms with Gasteiger partial charge in [0.15, 0.2) is 0 Å². The van der Waals surface area contributed by atoms with Crippen LogP contribution < -0.4 is 16.2 Å². The van der Waals surface area contributed by atoms with Crippen LogP contribution in [0.4, 0.5) is 11.6 Å². The summed E-state index contributed by atoms with van der Waals surface area (Å²) in [4.78, 5) is 11.4. The van der Waals surface area contributed by atoms with Crippen molar-refractivity contribution in [1.82, 2.24) is 9.97 Å². The van der Waals surface area contributed by atoms with Crippen LogP contribution in [0.3, 0.4) is 0 Å². The molecule has 3 atom stereocenters. The Hall–Kier alpha value is -1.40. The highest BCUT2D eigenvalue weighted by Crippen LogP contribution is 2.39. The zero-order valence-electron chi connectivity index (χ0n) is 13.0. The van der Waals surface area contributed by atoms with E-state index in [1.165, 1.54) is 0 Å². The Kier molecular flexibility index (Phi) is 3.53. The van der Waals surface area contributed by atoms with E-state index in [9.17, 15) is 5.11 Å². The first kappa shape index (κ1) is 14.5. The standard InChI is InChI=1S/C15H25N5O/c1-15(2,3)14-17-12(19-16)6-13(18-14)20-7-9-4-5-11(21)10(9)8-20/h6,9-11,21H,4-5,7-8,16H2,1-3H3,(H,17,18,19). The number of anilines is 2. The SMILES string of the molecule is CC(C)(C)c1nc(NN)cc(N2CC3CCC(O)C3C2)n1. The van der Waals surface area contributed by atoms with Crippen LogP contribution in [-0.4, -0.2) is 34.3 Å². The zero-order chi connectivity index (χ0) is 15.2. The molecule has 1 aromatic rings. The van der Waals surface area contributed by atoms with Crippen molar-refractivity contribution in [1.29, 1.82) is 0 Å². The molecule has 3 unspecified atom stereocenters. The molecule has 0 aromatic carbocycles. The molecule has 1 aromatic heterocycles. The summed E-state index contributed by atoms with van der Waals surface area (Å²) < 4.78 is 0. The van der Waals surface area contributed by atoms with Gasteiger partial charge in [0.05, 0.1) is 6.10 Å². The lowest BCUT2D eigenvalue weighted by atomic mass is 9.96. The maximum atomic E-state index is 10.1. The van der Waals surface area contributed by atoms with Gasteiger partial charge in [-0.2, -0.15) is 0 Å². The number of hydrogen-bond donors (Lipinski definition) is 3. The topological polar surface area (TPSA) is 87.3 Å². The third-order valence-electron chi connectivity index (χ3n) is 4.67. The number of nitrogens with two attached hydrogens (primary N) is 1. The molecule has 3 rings (SSSR count). The highest BCUT2D eigenvalue weighted by molar-refractivity contribution is 5.50. The monoisotopic (exact) mass is 291 g/mol. The molecular formula is C15H25N5O. The molecular weight excluding hydrogens is 266 g/mol. The van der Waals surface area contributed by atoms with E-state index in [1.807, 2.05) is 6.07 Å². The van der Waals surface area contributed by atoms with Gasteiger partial charge in [-0.1, -0.05) is 20.8 Å². The molecule has 1 aliphatic heterocycles. The van der Waals surface area contributed by atoms with Gasteiger partial charge in [-0.15, -0.1) is 0 Å². The maximum absolute atomic E-state index is 10.1. The summed E-state index contributed by atoms with van der Waals surface area (Å²) in [5.41, 5.74) is 2.51. The molecule has 2 fully saturated rings. The van der Waals surface area contributed by atoms with E-state index in [1.54, 1.807) is 0 Å². The molecule has 21 heavy (non-hydrogen) atoms. The molecule has 0 spiro atoms. The number of nitrogen functional groups attached to an aromatic ring is 1. The van der Waals surface area contributed by atoms with Gasteiger partial charge in [-0.25, -0.2) is 15.8 Å². The predicted octanol–water partition coefficient (Wildman–Crippen LogP) is 1.27. The van der Waals surface area contributed by atoms with Crippen LogP contribution in [0, 0.1) is 11.8 Å². The molecule has 6 heteroatoms. The van der Waals surface area contributed by atoms with Crippen molar-refractivity contribution >= 4 is 11.6 Å². The van der Waals surface area contributed by atoms with Gasteiger partial charge in [0.1, 0.15) is 17.5 Å². The van der Waals surface area contributed by atoms with Crippen molar-refractivity contribution < 1.29 is 5.11 Å². The first-order valence-corrected chi connectivity index (χ1v) is 7.67. The summed E-state index contributed by atoms with van der Waals surface area (Å²) in [6.07, 6.45) is 1.90. The summed E-state index contributed by atoms with van der Waals surface area (Å²) in [6.45, 7) is 8.11. The Balaban J connectivity index is 1.89. The normalized spacial score (nSPS) is 28.8. The Morgan fingerprint density at radius 2 is 2.05 bits per heavy atom. The Morgan fingerprint density at radius 1 is 1.29 bits per heavy atom. The molecule has 116 valence electrons. The minimum Gasteiger partial charge on any atom is -0.393 e. The smallest absolute Gasteiger partial charge is 0.145 e. The summed E-state index contributed by atoms with van der Waals surface area (Å²) in [5.74, 6) is 8.84. The second kappa shape index (κ2) is 5.10. The van der Waals surface area contributed by atoms with Crippen molar-refractivity contribution in [2.24, 2.45) is 17.7 Å². The van der Waals surface area contributed by atoms with Gasteiger partial charge in [-0.05, 0) is 18.8 Å². The number of aliphatic hydroxyl groups excluding tert-OH is 1. The Morgan fingerprint density at radius 3 is 2.67 bits per heavy atom. The largest absolute Gasteiger partial charge is 0.393 e. The summed E-state index contributed by atoms with van der Waals surface area (Å²) in [7, 11) is 0. The third kappa shape index (κ3) is 2.70. The van der Waals surface area contributed by atoms with E-state index in [2.05, 4.69) is 36.1 Å². The molecule has 4 N–H and O–H groups in total. The molecule has 2 heterocycles. The predicted molar refractivity (Wildman–Crippen MR) is 83.0 cm³/mol. The molecule has 1 saturated heterocycles. The third-order valence-corrected chi connectivity index (χ3v) is 4.67. The van der Waals surface area contributed by atoms with Crippen molar-refractivity contribution in [3.05, 3.63) is 11.9 Å². The molecule has 0 bridgehead atoms. The van der Waals surface area contributed by atoms with Gasteiger partial charge in [-0.3, -0.25) is 0 Å². The van der Waals surface area contributed by atoms with Gasteiger partial charge < -0.3 is 15.4 Å². The Labute approximate surface area is 125 Å². The maximum Gasteiger partial charge on any atom is 0.145 e. The average Bonchev–Trinajstić information content (AvgIpc) is 3.00. The number of aliphatic hydroxyl groups is 1. The van der Waals surface area contributed by atoms with Crippen LogP contribution in [0.5, 0.6) is 0 Å². The van der Waals surface area contributed by atoms with E-state index >= 15 is 0 Å². The highest BCUT2D eigenvalue weighted by atomic mass is 16.3. The number of nitrogens with one attached hydrogen (secondary N) is 1. The zero-order valence-corrected chi connectivity index (χ0v) is 13.0. The van der Waals surface area contributed by atoms with Crippen molar-refractivity contribution in [2.75, 3.05) is 23.4 Å². The van der Waals surface area contributed by atoms with Gasteiger partial charge in [0, 0.05) is 30.5 Å². The fourth-order valence-corrected chi connectivity index (χ4v) is 3.43. The van der Waals surface area contributed by atoms with Crippen LogP contribution in [-0.2, 0) is 5.41 Å². The lowest BCUT2D eigenvalue weighted by Gasteiger charge is -2.23. The molecule has 0 radical (unpaired) electrons. The lowest BCUT2D eigenvalue weighted by molar-refractivity contribution is 0.133. The first-order valence-electron chi connectivity index (χ1n) is 7.67. The van der Waals surface area contributed by atoms with Crippen molar-refractivity contribution in [3.63, 3.8) is 0 Å². The minimum absolute atomic E-state index is 0.128. The summed E-state index contributed by atoms with van der Waals surface area (Å²) in [5, 5.41) is 10.1. The van der Waals surface area contributed by atoms with E-state index in [4.69, 9.17) is 10.8 Å². The lowest BCUT2D eigenvalue weighted by Crippen LogP contribution is -2.27. The quantitative estimate of drug-likeness (QED) is 0.562. The van der Waals surface area contributed by atoms with Crippen LogP contribution in [0.15, 0.2) is 6.07 Å². The second-order valence-corrected chi connectivity index (χ2v) is 7.30. The van der Waals surface area contributed by atoms with E-state index in [0.29, 0.717) is 17.7 Å². The highest BCUT2D eigenvalue weighted by Gasteiger charge is 2.42. The van der Waals surface area contributed by atoms with Crippen LogP contribution in [0.1, 0.15) is 39.4 Å². The second-order valence-electron chi connectivity index (χ2n) is 7.30. The number of aromatic nitrogens is 2. The van der Waals surface area contributed by atoms with Crippen LogP contribution in [0.25, 0.3) is 0 Å². The summed E-state index contributed by atoms with van der Waals surface area (Å²) >= 11 is 0.